The topological polar surface area (TPSA) is 90.1 Å². The Hall–Kier alpha value is -1.92. The zero-order valence-electron chi connectivity index (χ0n) is 10.9. The van der Waals surface area contributed by atoms with Crippen molar-refractivity contribution < 1.29 is 9.72 Å². The van der Waals surface area contributed by atoms with Gasteiger partial charge in [-0.2, -0.15) is 5.10 Å². The van der Waals surface area contributed by atoms with Crippen LogP contribution in [0.15, 0.2) is 0 Å². The van der Waals surface area contributed by atoms with Crippen molar-refractivity contribution in [2.24, 2.45) is 0 Å². The fourth-order valence-electron chi connectivity index (χ4n) is 1.79. The number of aromatic nitrogens is 2. The summed E-state index contributed by atoms with van der Waals surface area (Å²) in [5.74, 6) is -0.00599. The van der Waals surface area contributed by atoms with E-state index in [4.69, 9.17) is 0 Å². The molecule has 0 aliphatic carbocycles. The Bertz CT molecular complexity index is 453. The molecule has 1 aromatic heterocycles. The van der Waals surface area contributed by atoms with E-state index in [0.717, 1.165) is 6.42 Å². The lowest BCUT2D eigenvalue weighted by Gasteiger charge is -2.05. The minimum atomic E-state index is -0.427. The molecule has 0 atom stereocenters. The van der Waals surface area contributed by atoms with Gasteiger partial charge in [0, 0.05) is 13.0 Å². The summed E-state index contributed by atoms with van der Waals surface area (Å²) in [6.07, 6.45) is 1.30. The third kappa shape index (κ3) is 3.28. The quantitative estimate of drug-likeness (QED) is 0.612. The van der Waals surface area contributed by atoms with E-state index in [2.05, 4.69) is 10.4 Å². The Morgan fingerprint density at radius 3 is 2.67 bits per heavy atom. The number of nitrogens with zero attached hydrogens (tertiary/aromatic N) is 3. The van der Waals surface area contributed by atoms with Gasteiger partial charge in [-0.1, -0.05) is 6.92 Å². The number of carbonyl (C=O) groups excluding carboxylic acids is 1. The third-order valence-corrected chi connectivity index (χ3v) is 2.65. The molecule has 0 saturated carbocycles. The maximum Gasteiger partial charge on any atom is 0.312 e. The Kier molecular flexibility index (Phi) is 4.82. The lowest BCUT2D eigenvalue weighted by atomic mass is 10.3. The molecule has 1 amide bonds. The number of aryl methyl sites for hydroxylation is 1. The predicted molar refractivity (Wildman–Crippen MR) is 66.3 cm³/mol. The van der Waals surface area contributed by atoms with Crippen LogP contribution >= 0.6 is 0 Å². The highest BCUT2D eigenvalue weighted by molar-refractivity contribution is 5.75. The average molecular weight is 254 g/mol. The summed E-state index contributed by atoms with van der Waals surface area (Å²) in [5.41, 5.74) is 0.967. The smallest absolute Gasteiger partial charge is 0.312 e. The van der Waals surface area contributed by atoms with Crippen LogP contribution in [0.1, 0.15) is 31.2 Å². The van der Waals surface area contributed by atoms with Crippen LogP contribution in [0.2, 0.25) is 0 Å². The largest absolute Gasteiger partial charge is 0.354 e. The van der Waals surface area contributed by atoms with Crippen LogP contribution in [0, 0.1) is 24.0 Å². The normalized spacial score (nSPS) is 10.4. The summed E-state index contributed by atoms with van der Waals surface area (Å²) in [6, 6.07) is 0. The summed E-state index contributed by atoms with van der Waals surface area (Å²) in [4.78, 5) is 21.6. The number of carbonyl (C=O) groups is 1. The van der Waals surface area contributed by atoms with Crippen LogP contribution in [-0.4, -0.2) is 27.2 Å². The molecule has 18 heavy (non-hydrogen) atoms. The lowest BCUT2D eigenvalue weighted by molar-refractivity contribution is -0.386. The second-order valence-corrected chi connectivity index (χ2v) is 4.10. The Labute approximate surface area is 105 Å². The molecule has 0 aromatic carbocycles. The molecule has 0 fully saturated rings. The Morgan fingerprint density at radius 2 is 2.17 bits per heavy atom. The maximum atomic E-state index is 11.2. The number of nitro groups is 1. The zero-order chi connectivity index (χ0) is 13.7. The first-order valence-corrected chi connectivity index (χ1v) is 5.92. The maximum absolute atomic E-state index is 11.2. The number of nitrogens with one attached hydrogen (secondary N) is 1. The summed E-state index contributed by atoms with van der Waals surface area (Å²) in [6.45, 7) is 6.07. The van der Waals surface area contributed by atoms with E-state index in [1.165, 1.54) is 0 Å². The molecule has 0 spiro atoms. The van der Waals surface area contributed by atoms with E-state index >= 15 is 0 Å². The molecule has 100 valence electrons. The second kappa shape index (κ2) is 6.13. The van der Waals surface area contributed by atoms with Crippen LogP contribution in [0.4, 0.5) is 5.69 Å². The van der Waals surface area contributed by atoms with E-state index in [1.54, 1.807) is 18.5 Å². The van der Waals surface area contributed by atoms with E-state index in [1.807, 2.05) is 6.92 Å². The molecule has 0 radical (unpaired) electrons. The molecule has 0 bridgehead atoms. The van der Waals surface area contributed by atoms with Gasteiger partial charge in [-0.05, 0) is 20.3 Å². The van der Waals surface area contributed by atoms with Gasteiger partial charge in [0.1, 0.15) is 11.4 Å². The van der Waals surface area contributed by atoms with Gasteiger partial charge in [0.25, 0.3) is 0 Å². The summed E-state index contributed by atoms with van der Waals surface area (Å²) >= 11 is 0. The lowest BCUT2D eigenvalue weighted by Crippen LogP contribution is -2.27. The number of hydrogen-bond acceptors (Lipinski definition) is 4. The standard InChI is InChI=1S/C11H18N4O3/c1-4-5-10(16)12-6-7-14-9(3)11(15(17)18)8(2)13-14/h4-7H2,1-3H3,(H,12,16). The molecule has 1 heterocycles. The minimum absolute atomic E-state index is 0.00599. The highest BCUT2D eigenvalue weighted by atomic mass is 16.6. The highest BCUT2D eigenvalue weighted by Gasteiger charge is 2.21. The van der Waals surface area contributed by atoms with E-state index in [9.17, 15) is 14.9 Å². The van der Waals surface area contributed by atoms with Crippen LogP contribution in [0.25, 0.3) is 0 Å². The van der Waals surface area contributed by atoms with Gasteiger partial charge in [0.05, 0.1) is 11.5 Å². The van der Waals surface area contributed by atoms with E-state index in [0.29, 0.717) is 30.9 Å². The van der Waals surface area contributed by atoms with Crippen molar-refractivity contribution in [3.05, 3.63) is 21.5 Å². The summed E-state index contributed by atoms with van der Waals surface area (Å²) < 4.78 is 1.56. The van der Waals surface area contributed by atoms with Gasteiger partial charge in [-0.15, -0.1) is 0 Å². The molecule has 7 nitrogen and oxygen atoms in total. The minimum Gasteiger partial charge on any atom is -0.354 e. The van der Waals surface area contributed by atoms with Crippen LogP contribution in [0.3, 0.4) is 0 Å². The van der Waals surface area contributed by atoms with Crippen molar-refractivity contribution in [1.29, 1.82) is 0 Å². The number of amides is 1. The van der Waals surface area contributed by atoms with Crippen LogP contribution in [0.5, 0.6) is 0 Å². The first-order chi connectivity index (χ1) is 8.47. The fraction of sp³-hybridized carbons (Fsp3) is 0.636. The molecule has 1 aromatic rings. The first kappa shape index (κ1) is 14.1. The molecule has 0 unspecified atom stereocenters. The third-order valence-electron chi connectivity index (χ3n) is 2.65. The van der Waals surface area contributed by atoms with E-state index < -0.39 is 4.92 Å². The van der Waals surface area contributed by atoms with Gasteiger partial charge in [0.15, 0.2) is 0 Å². The number of hydrogen-bond donors (Lipinski definition) is 1. The van der Waals surface area contributed by atoms with Crippen LogP contribution in [-0.2, 0) is 11.3 Å². The second-order valence-electron chi connectivity index (χ2n) is 4.10. The molecule has 1 rings (SSSR count). The van der Waals surface area contributed by atoms with Crippen molar-refractivity contribution in [2.75, 3.05) is 6.54 Å². The van der Waals surface area contributed by atoms with Gasteiger partial charge >= 0.3 is 5.69 Å². The molecule has 1 N–H and O–H groups in total. The van der Waals surface area contributed by atoms with Gasteiger partial charge in [0.2, 0.25) is 5.91 Å². The molecule has 7 heteroatoms. The Morgan fingerprint density at radius 1 is 1.50 bits per heavy atom. The van der Waals surface area contributed by atoms with Gasteiger partial charge < -0.3 is 5.32 Å². The Balaban J connectivity index is 2.61. The van der Waals surface area contributed by atoms with Crippen molar-refractivity contribution in [3.8, 4) is 0 Å². The molecule has 0 saturated heterocycles. The summed E-state index contributed by atoms with van der Waals surface area (Å²) in [7, 11) is 0. The molecule has 0 aliphatic rings. The molecular formula is C11H18N4O3. The predicted octanol–water partition coefficient (Wildman–Crippen LogP) is 1.32. The van der Waals surface area contributed by atoms with Crippen molar-refractivity contribution in [1.82, 2.24) is 15.1 Å². The molecule has 0 aliphatic heterocycles. The van der Waals surface area contributed by atoms with Gasteiger partial charge in [-0.25, -0.2) is 0 Å². The van der Waals surface area contributed by atoms with Crippen LogP contribution < -0.4 is 5.32 Å². The fourth-order valence-corrected chi connectivity index (χ4v) is 1.79. The first-order valence-electron chi connectivity index (χ1n) is 5.92. The SMILES string of the molecule is CCCC(=O)NCCn1nc(C)c([N+](=O)[O-])c1C. The average Bonchev–Trinajstić information content (AvgIpc) is 2.54. The zero-order valence-corrected chi connectivity index (χ0v) is 10.9. The summed E-state index contributed by atoms with van der Waals surface area (Å²) in [5, 5.41) is 17.7. The highest BCUT2D eigenvalue weighted by Crippen LogP contribution is 2.21. The monoisotopic (exact) mass is 254 g/mol. The number of rotatable bonds is 6. The van der Waals surface area contributed by atoms with Gasteiger partial charge in [-0.3, -0.25) is 19.6 Å². The van der Waals surface area contributed by atoms with Crippen molar-refractivity contribution in [3.63, 3.8) is 0 Å². The van der Waals surface area contributed by atoms with E-state index in [-0.39, 0.29) is 11.6 Å². The molecular weight excluding hydrogens is 236 g/mol. The van der Waals surface area contributed by atoms with Crippen molar-refractivity contribution in [2.45, 2.75) is 40.2 Å². The van der Waals surface area contributed by atoms with Crippen molar-refractivity contribution >= 4 is 11.6 Å².